The van der Waals surface area contributed by atoms with Crippen LogP contribution in [-0.4, -0.2) is 168 Å². The van der Waals surface area contributed by atoms with E-state index in [0.29, 0.717) is 96.3 Å². The molecule has 26 heteroatoms. The number of aliphatic hydroxyl groups excluding tert-OH is 4. The maximum absolute atomic E-state index is 12.5. The number of nitrogens with one attached hydrogen (secondary N) is 2. The van der Waals surface area contributed by atoms with Crippen molar-refractivity contribution in [3.8, 4) is 11.5 Å². The molecule has 0 bridgehead atoms. The Balaban J connectivity index is 0.000000187. The number of hydrogen-bond donors (Lipinski definition) is 8. The molecule has 12 rings (SSSR count). The summed E-state index contributed by atoms with van der Waals surface area (Å²) in [6.07, 6.45) is 4.18. The van der Waals surface area contributed by atoms with Gasteiger partial charge in [-0.1, -0.05) is 35.4 Å². The standard InChI is InChI=1S/2C29H37N7O6.H2/c2*1-16-5-9-19(10-6-16)41-29(40)35-13-11-17(12-14-35)3-2-4-20-33-25(30)21-26(34-20)36(15-31-21)28-23(38)22(37)24(42-28)27(39)32-18-7-8-18;/h2*5-6,9-10,15,17-18,22-24,28,37-38H,2-4,7-8,11-14H2,1H3,(H,32,39)(H2,30,33,34);1H/t2*22?,23-,24-,28+;/m00./s1. The van der Waals surface area contributed by atoms with Gasteiger partial charge in [0.2, 0.25) is 0 Å². The van der Waals surface area contributed by atoms with Crippen molar-refractivity contribution in [1.29, 1.82) is 0 Å². The number of aromatic nitrogens is 8. The Labute approximate surface area is 485 Å². The maximum Gasteiger partial charge on any atom is 0.415 e. The summed E-state index contributed by atoms with van der Waals surface area (Å²) in [5, 5.41) is 48.1. The van der Waals surface area contributed by atoms with Gasteiger partial charge in [0.05, 0.1) is 12.7 Å². The van der Waals surface area contributed by atoms with E-state index < -0.39 is 60.9 Å². The van der Waals surface area contributed by atoms with Crippen LogP contribution in [0.5, 0.6) is 11.5 Å². The molecule has 10 N–H and O–H groups in total. The first kappa shape index (κ1) is 58.2. The summed E-state index contributed by atoms with van der Waals surface area (Å²) < 4.78 is 25.6. The van der Waals surface area contributed by atoms with Gasteiger partial charge in [0, 0.05) is 52.5 Å². The Hall–Kier alpha value is -7.62. The van der Waals surface area contributed by atoms with E-state index >= 15 is 0 Å². The van der Waals surface area contributed by atoms with Gasteiger partial charge in [0.25, 0.3) is 11.8 Å². The maximum atomic E-state index is 12.5. The number of hydrogen-bond acceptors (Lipinski definition) is 20. The van der Waals surface area contributed by atoms with E-state index in [0.717, 1.165) is 88.2 Å². The Morgan fingerprint density at radius 3 is 1.29 bits per heavy atom. The number of aryl methyl sites for hydroxylation is 4. The van der Waals surface area contributed by atoms with Gasteiger partial charge in [-0.25, -0.2) is 39.5 Å². The Kier molecular flexibility index (Phi) is 17.5. The molecule has 8 heterocycles. The number of benzene rings is 2. The van der Waals surface area contributed by atoms with Gasteiger partial charge in [-0.2, -0.15) is 0 Å². The summed E-state index contributed by atoms with van der Waals surface area (Å²) in [5.74, 6) is 2.66. The molecule has 0 spiro atoms. The van der Waals surface area contributed by atoms with Crippen LogP contribution in [0.15, 0.2) is 61.2 Å². The van der Waals surface area contributed by atoms with Crippen molar-refractivity contribution in [2.45, 2.75) is 165 Å². The predicted molar refractivity (Wildman–Crippen MR) is 305 cm³/mol. The summed E-state index contributed by atoms with van der Waals surface area (Å²) in [6.45, 7) is 6.58. The first-order valence-electron chi connectivity index (χ1n) is 29.2. The van der Waals surface area contributed by atoms with Crippen molar-refractivity contribution in [2.75, 3.05) is 37.6 Å². The van der Waals surface area contributed by atoms with Gasteiger partial charge in [-0.3, -0.25) is 18.7 Å². The molecular formula is C58H76N14O12. The minimum absolute atomic E-state index is 0. The number of amides is 4. The summed E-state index contributed by atoms with van der Waals surface area (Å²) in [6, 6.07) is 15.1. The zero-order valence-corrected chi connectivity index (χ0v) is 47.1. The second-order valence-electron chi connectivity index (χ2n) is 23.1. The quantitative estimate of drug-likeness (QED) is 0.0680. The smallest absolute Gasteiger partial charge is 0.410 e. The van der Waals surface area contributed by atoms with Gasteiger partial charge in [0.1, 0.15) is 58.6 Å². The van der Waals surface area contributed by atoms with Crippen LogP contribution in [0, 0.1) is 25.7 Å². The molecule has 84 heavy (non-hydrogen) atoms. The lowest BCUT2D eigenvalue weighted by molar-refractivity contribution is -0.138. The molecule has 4 amide bonds. The van der Waals surface area contributed by atoms with Crippen LogP contribution in [0.4, 0.5) is 21.2 Å². The molecule has 6 fully saturated rings. The summed E-state index contributed by atoms with van der Waals surface area (Å²) in [5.41, 5.74) is 16.1. The van der Waals surface area contributed by atoms with Gasteiger partial charge in [-0.05, 0) is 127 Å². The third kappa shape index (κ3) is 13.5. The molecule has 8 atom stereocenters. The van der Waals surface area contributed by atoms with Crippen molar-refractivity contribution in [3.05, 3.63) is 84.0 Å². The fourth-order valence-electron chi connectivity index (χ4n) is 11.2. The number of imidazole rings is 2. The predicted octanol–water partition coefficient (Wildman–Crippen LogP) is 3.94. The number of nitrogen functional groups attached to an aromatic ring is 2. The van der Waals surface area contributed by atoms with Gasteiger partial charge < -0.3 is 71.3 Å². The van der Waals surface area contributed by atoms with Crippen molar-refractivity contribution in [2.24, 2.45) is 11.8 Å². The molecule has 2 aromatic carbocycles. The highest BCUT2D eigenvalue weighted by atomic mass is 16.6. The number of likely N-dealkylation sites (tertiary alicyclic amines) is 2. The van der Waals surface area contributed by atoms with Gasteiger partial charge in [0.15, 0.2) is 47.6 Å². The molecule has 6 aromatic rings. The number of fused-ring (bicyclic) bond motifs is 2. The van der Waals surface area contributed by atoms with E-state index in [1.54, 1.807) is 34.1 Å². The largest absolute Gasteiger partial charge is 0.415 e. The molecule has 6 aliphatic rings. The second-order valence-corrected chi connectivity index (χ2v) is 23.1. The minimum atomic E-state index is -1.39. The summed E-state index contributed by atoms with van der Waals surface area (Å²) in [7, 11) is 0. The monoisotopic (exact) mass is 1160 g/mol. The van der Waals surface area contributed by atoms with E-state index in [4.69, 9.17) is 30.4 Å². The number of aliphatic hydroxyl groups is 4. The highest BCUT2D eigenvalue weighted by Crippen LogP contribution is 2.36. The number of nitrogens with two attached hydrogens (primary N) is 2. The first-order valence-corrected chi connectivity index (χ1v) is 29.2. The zero-order chi connectivity index (χ0) is 58.8. The van der Waals surface area contributed by atoms with E-state index in [1.807, 2.05) is 38.1 Å². The van der Waals surface area contributed by atoms with Crippen LogP contribution in [0.1, 0.15) is 114 Å². The molecule has 2 unspecified atom stereocenters. The Morgan fingerprint density at radius 2 is 0.929 bits per heavy atom. The van der Waals surface area contributed by atoms with Gasteiger partial charge >= 0.3 is 12.2 Å². The van der Waals surface area contributed by atoms with Gasteiger partial charge in [-0.15, -0.1) is 0 Å². The van der Waals surface area contributed by atoms with E-state index in [9.17, 15) is 39.6 Å². The highest BCUT2D eigenvalue weighted by molar-refractivity contribution is 5.84. The Morgan fingerprint density at radius 1 is 0.560 bits per heavy atom. The molecule has 26 nitrogen and oxygen atoms in total. The highest BCUT2D eigenvalue weighted by Gasteiger charge is 2.50. The van der Waals surface area contributed by atoms with Crippen molar-refractivity contribution in [1.82, 2.24) is 59.5 Å². The lowest BCUT2D eigenvalue weighted by Crippen LogP contribution is -2.43. The Bertz CT molecular complexity index is 3090. The molecule has 4 aromatic heterocycles. The summed E-state index contributed by atoms with van der Waals surface area (Å²) >= 11 is 0. The number of carbonyl (C=O) groups is 4. The number of nitrogens with zero attached hydrogens (tertiary/aromatic N) is 10. The van der Waals surface area contributed by atoms with Crippen LogP contribution in [0.2, 0.25) is 0 Å². The van der Waals surface area contributed by atoms with E-state index in [1.165, 1.54) is 21.8 Å². The van der Waals surface area contributed by atoms with Crippen LogP contribution in [0.25, 0.3) is 22.3 Å². The number of anilines is 2. The minimum Gasteiger partial charge on any atom is -0.410 e. The third-order valence-corrected chi connectivity index (χ3v) is 16.6. The van der Waals surface area contributed by atoms with Crippen LogP contribution < -0.4 is 31.6 Å². The number of ether oxygens (including phenoxy) is 4. The fourth-order valence-corrected chi connectivity index (χ4v) is 11.2. The fraction of sp³-hybridized carbons (Fsp3) is 0.552. The number of carbonyl (C=O) groups excluding carboxylic acids is 4. The molecule has 4 saturated heterocycles. The third-order valence-electron chi connectivity index (χ3n) is 16.6. The average Bonchev–Trinajstić information content (AvgIpc) is 2.04. The first-order chi connectivity index (χ1) is 40.5. The molecule has 450 valence electrons. The molecule has 4 aliphatic heterocycles. The molecular weight excluding hydrogens is 1080 g/mol. The number of piperidine rings is 2. The van der Waals surface area contributed by atoms with Crippen LogP contribution >= 0.6 is 0 Å². The average molecular weight is 1160 g/mol. The van der Waals surface area contributed by atoms with Crippen molar-refractivity contribution >= 4 is 58.0 Å². The van der Waals surface area contributed by atoms with E-state index in [-0.39, 0.29) is 37.3 Å². The lowest BCUT2D eigenvalue weighted by Gasteiger charge is -2.31. The normalized spacial score (nSPS) is 24.7. The zero-order valence-electron chi connectivity index (χ0n) is 47.1. The van der Waals surface area contributed by atoms with Crippen molar-refractivity contribution in [3.63, 3.8) is 0 Å². The molecule has 2 saturated carbocycles. The van der Waals surface area contributed by atoms with Crippen molar-refractivity contribution < 1.29 is 60.0 Å². The SMILES string of the molecule is Cc1ccc(OC(=O)N2CCC(CCCc3nc(N)c4ncn([C@@H]5O[C@H](C(=O)NC6CC6)C(O)[C@@H]5O)c4n3)CC2)cc1.Cc1ccc(OC(=O)N2CCC(CCCc3nc(N)c4ncn([C@@H]5O[C@H](C(=O)NC6CC6)C(O)[C@@H]5O)c4n3)CC2)cc1.[HH]. The van der Waals surface area contributed by atoms with Crippen LogP contribution in [-0.2, 0) is 31.9 Å². The second kappa shape index (κ2) is 25.3. The summed E-state index contributed by atoms with van der Waals surface area (Å²) in [4.78, 5) is 80.4. The number of rotatable bonds is 16. The lowest BCUT2D eigenvalue weighted by atomic mass is 9.91. The molecule has 2 aliphatic carbocycles. The topological polar surface area (TPSA) is 356 Å². The van der Waals surface area contributed by atoms with Crippen LogP contribution in [0.3, 0.4) is 0 Å². The molecule has 0 radical (unpaired) electrons. The van der Waals surface area contributed by atoms with E-state index in [2.05, 4.69) is 40.5 Å².